The van der Waals surface area contributed by atoms with Gasteiger partial charge in [-0.15, -0.1) is 21.5 Å². The van der Waals surface area contributed by atoms with Crippen LogP contribution in [0.25, 0.3) is 0 Å². The summed E-state index contributed by atoms with van der Waals surface area (Å²) in [5, 5.41) is 14.6. The largest absolute Gasteiger partial charge is 0.383 e. The maximum absolute atomic E-state index is 4.99. The Balaban J connectivity index is 1.69. The van der Waals surface area contributed by atoms with Crippen LogP contribution in [0, 0.1) is 5.92 Å². The highest BCUT2D eigenvalue weighted by Crippen LogP contribution is 2.40. The number of aryl methyl sites for hydroxylation is 1. The second-order valence-electron chi connectivity index (χ2n) is 5.40. The molecule has 1 aliphatic rings. The minimum atomic E-state index is 0.672. The Hall–Kier alpha value is -0.520. The molecule has 2 unspecified atom stereocenters. The van der Waals surface area contributed by atoms with E-state index >= 15 is 0 Å². The second kappa shape index (κ2) is 7.92. The third-order valence-electron chi connectivity index (χ3n) is 3.89. The van der Waals surface area contributed by atoms with E-state index in [2.05, 4.69) is 22.4 Å². The van der Waals surface area contributed by atoms with Crippen LogP contribution in [0.3, 0.4) is 0 Å². The van der Waals surface area contributed by atoms with Gasteiger partial charge in [-0.2, -0.15) is 0 Å². The Labute approximate surface area is 120 Å². The van der Waals surface area contributed by atoms with Crippen LogP contribution in [-0.2, 0) is 11.2 Å². The van der Waals surface area contributed by atoms with Crippen LogP contribution < -0.4 is 5.32 Å². The molecule has 2 rings (SSSR count). The van der Waals surface area contributed by atoms with Gasteiger partial charge < -0.3 is 10.1 Å². The van der Waals surface area contributed by atoms with Crippen molar-refractivity contribution in [1.29, 1.82) is 0 Å². The lowest BCUT2D eigenvalue weighted by Gasteiger charge is -2.10. The summed E-state index contributed by atoms with van der Waals surface area (Å²) < 4.78 is 4.99. The lowest BCUT2D eigenvalue weighted by atomic mass is 9.99. The molecule has 0 spiro atoms. The molecule has 1 heterocycles. The summed E-state index contributed by atoms with van der Waals surface area (Å²) in [4.78, 5) is 0. The fourth-order valence-corrected chi connectivity index (χ4v) is 3.85. The van der Waals surface area contributed by atoms with Gasteiger partial charge in [0, 0.05) is 26.0 Å². The third kappa shape index (κ3) is 4.51. The molecule has 1 aromatic rings. The fraction of sp³-hybridized carbons (Fsp3) is 0.857. The molecule has 0 aliphatic heterocycles. The van der Waals surface area contributed by atoms with E-state index in [1.807, 2.05) is 11.3 Å². The van der Waals surface area contributed by atoms with Gasteiger partial charge in [0.15, 0.2) is 0 Å². The average Bonchev–Trinajstić information content (AvgIpc) is 3.02. The van der Waals surface area contributed by atoms with E-state index in [9.17, 15) is 0 Å². The Morgan fingerprint density at radius 3 is 2.95 bits per heavy atom. The van der Waals surface area contributed by atoms with Gasteiger partial charge in [0.2, 0.25) is 0 Å². The molecule has 1 N–H and O–H groups in total. The zero-order valence-electron chi connectivity index (χ0n) is 12.0. The van der Waals surface area contributed by atoms with E-state index < -0.39 is 0 Å². The van der Waals surface area contributed by atoms with E-state index in [1.54, 1.807) is 7.11 Å². The maximum Gasteiger partial charge on any atom is 0.120 e. The summed E-state index contributed by atoms with van der Waals surface area (Å²) in [6.45, 7) is 5.08. The topological polar surface area (TPSA) is 47.0 Å². The van der Waals surface area contributed by atoms with Crippen molar-refractivity contribution in [3.05, 3.63) is 10.0 Å². The summed E-state index contributed by atoms with van der Waals surface area (Å²) in [6, 6.07) is 0. The Kier molecular flexibility index (Phi) is 6.20. The molecule has 1 saturated carbocycles. The molecule has 19 heavy (non-hydrogen) atoms. The van der Waals surface area contributed by atoms with Gasteiger partial charge in [-0.05, 0) is 25.3 Å². The number of hydrogen-bond donors (Lipinski definition) is 1. The summed E-state index contributed by atoms with van der Waals surface area (Å²) >= 11 is 1.83. The predicted octanol–water partition coefficient (Wildman–Crippen LogP) is 2.61. The van der Waals surface area contributed by atoms with Crippen LogP contribution >= 0.6 is 11.3 Å². The molecular weight excluding hydrogens is 258 g/mol. The predicted molar refractivity (Wildman–Crippen MR) is 78.7 cm³/mol. The van der Waals surface area contributed by atoms with Gasteiger partial charge in [0.1, 0.15) is 10.0 Å². The van der Waals surface area contributed by atoms with Crippen LogP contribution in [0.5, 0.6) is 0 Å². The minimum absolute atomic E-state index is 0.672. The smallest absolute Gasteiger partial charge is 0.120 e. The SMILES string of the molecule is COCCNCCCc1nnc(C2CCCC2C)s1. The van der Waals surface area contributed by atoms with Gasteiger partial charge in [-0.3, -0.25) is 0 Å². The number of rotatable bonds is 8. The molecule has 0 bridgehead atoms. The third-order valence-corrected chi connectivity index (χ3v) is 5.00. The fourth-order valence-electron chi connectivity index (χ4n) is 2.69. The summed E-state index contributed by atoms with van der Waals surface area (Å²) in [7, 11) is 1.73. The van der Waals surface area contributed by atoms with Crippen molar-refractivity contribution in [1.82, 2.24) is 15.5 Å². The first-order valence-corrected chi connectivity index (χ1v) is 8.15. The molecule has 0 amide bonds. The van der Waals surface area contributed by atoms with Crippen molar-refractivity contribution >= 4 is 11.3 Å². The molecular formula is C14H25N3OS. The van der Waals surface area contributed by atoms with Gasteiger partial charge in [0.05, 0.1) is 6.61 Å². The highest BCUT2D eigenvalue weighted by atomic mass is 32.1. The lowest BCUT2D eigenvalue weighted by Crippen LogP contribution is -2.20. The molecule has 0 saturated heterocycles. The summed E-state index contributed by atoms with van der Waals surface area (Å²) in [6.07, 6.45) is 6.17. The molecule has 108 valence electrons. The molecule has 4 nitrogen and oxygen atoms in total. The van der Waals surface area contributed by atoms with Crippen molar-refractivity contribution in [2.75, 3.05) is 26.8 Å². The van der Waals surface area contributed by atoms with Crippen LogP contribution in [-0.4, -0.2) is 37.0 Å². The first-order chi connectivity index (χ1) is 9.31. The minimum Gasteiger partial charge on any atom is -0.383 e. The maximum atomic E-state index is 4.99. The van der Waals surface area contributed by atoms with Gasteiger partial charge in [-0.1, -0.05) is 19.8 Å². The number of aromatic nitrogens is 2. The van der Waals surface area contributed by atoms with Crippen molar-refractivity contribution in [2.24, 2.45) is 5.92 Å². The van der Waals surface area contributed by atoms with Gasteiger partial charge in [-0.25, -0.2) is 0 Å². The molecule has 0 aromatic carbocycles. The van der Waals surface area contributed by atoms with Crippen molar-refractivity contribution < 1.29 is 4.74 Å². The standard InChI is InChI=1S/C14H25N3OS/c1-11-5-3-6-12(11)14-17-16-13(19-14)7-4-8-15-9-10-18-2/h11-12,15H,3-10H2,1-2H3. The van der Waals surface area contributed by atoms with Crippen molar-refractivity contribution in [3.63, 3.8) is 0 Å². The zero-order valence-corrected chi connectivity index (χ0v) is 12.8. The zero-order chi connectivity index (χ0) is 13.5. The van der Waals surface area contributed by atoms with E-state index in [4.69, 9.17) is 4.74 Å². The normalized spacial score (nSPS) is 23.1. The Bertz CT molecular complexity index is 369. The molecule has 5 heteroatoms. The van der Waals surface area contributed by atoms with Gasteiger partial charge in [0.25, 0.3) is 0 Å². The highest BCUT2D eigenvalue weighted by Gasteiger charge is 2.27. The molecule has 1 aromatic heterocycles. The van der Waals surface area contributed by atoms with E-state index in [1.165, 1.54) is 29.3 Å². The number of methoxy groups -OCH3 is 1. The van der Waals surface area contributed by atoms with Crippen LogP contribution in [0.1, 0.15) is 48.5 Å². The number of hydrogen-bond acceptors (Lipinski definition) is 5. The molecule has 1 fully saturated rings. The van der Waals surface area contributed by atoms with Crippen LogP contribution in [0.15, 0.2) is 0 Å². The Morgan fingerprint density at radius 1 is 1.32 bits per heavy atom. The highest BCUT2D eigenvalue weighted by molar-refractivity contribution is 7.11. The van der Waals surface area contributed by atoms with Crippen LogP contribution in [0.4, 0.5) is 0 Å². The summed E-state index contributed by atoms with van der Waals surface area (Å²) in [5.74, 6) is 1.46. The quantitative estimate of drug-likeness (QED) is 0.745. The number of nitrogens with one attached hydrogen (secondary N) is 1. The first kappa shape index (κ1) is 14.9. The second-order valence-corrected chi connectivity index (χ2v) is 6.49. The lowest BCUT2D eigenvalue weighted by molar-refractivity contribution is 0.199. The Morgan fingerprint density at radius 2 is 2.21 bits per heavy atom. The molecule has 0 radical (unpaired) electrons. The number of ether oxygens (including phenoxy) is 1. The van der Waals surface area contributed by atoms with Crippen LogP contribution in [0.2, 0.25) is 0 Å². The first-order valence-electron chi connectivity index (χ1n) is 7.33. The molecule has 2 atom stereocenters. The van der Waals surface area contributed by atoms with E-state index in [0.29, 0.717) is 5.92 Å². The average molecular weight is 283 g/mol. The van der Waals surface area contributed by atoms with E-state index in [-0.39, 0.29) is 0 Å². The molecule has 1 aliphatic carbocycles. The number of nitrogens with zero attached hydrogens (tertiary/aromatic N) is 2. The monoisotopic (exact) mass is 283 g/mol. The van der Waals surface area contributed by atoms with Gasteiger partial charge >= 0.3 is 0 Å². The summed E-state index contributed by atoms with van der Waals surface area (Å²) in [5.41, 5.74) is 0. The van der Waals surface area contributed by atoms with Crippen molar-refractivity contribution in [3.8, 4) is 0 Å². The van der Waals surface area contributed by atoms with E-state index in [0.717, 1.165) is 38.5 Å². The van der Waals surface area contributed by atoms with Crippen molar-refractivity contribution in [2.45, 2.75) is 44.9 Å².